The third kappa shape index (κ3) is 18.7. The Morgan fingerprint density at radius 3 is 1.92 bits per heavy atom. The fourth-order valence-corrected chi connectivity index (χ4v) is 0.685. The molecule has 0 saturated carbocycles. The average Bonchev–Trinajstić information content (AvgIpc) is 2.16. The molecule has 0 rings (SSSR count). The Bertz CT molecular complexity index is 74.0. The molecule has 0 bridgehead atoms. The molecular weight excluding hydrogens is 164 g/mol. The highest BCUT2D eigenvalue weighted by molar-refractivity contribution is 4.50. The monoisotopic (exact) mass is 190 g/mol. The third-order valence-electron chi connectivity index (χ3n) is 1.48. The van der Waals surface area contributed by atoms with Gasteiger partial charge in [-0.2, -0.15) is 0 Å². The van der Waals surface area contributed by atoms with E-state index in [4.69, 9.17) is 11.5 Å². The van der Waals surface area contributed by atoms with Crippen LogP contribution in [-0.2, 0) is 0 Å². The van der Waals surface area contributed by atoms with E-state index in [1.54, 1.807) is 0 Å². The largest absolute Gasteiger partial charge is 0.329 e. The maximum Gasteiger partial charge on any atom is 0.0543 e. The van der Waals surface area contributed by atoms with E-state index in [1.807, 2.05) is 0 Å². The Labute approximate surface area is 82.4 Å². The van der Waals surface area contributed by atoms with Gasteiger partial charge in [-0.15, -0.1) is 0 Å². The van der Waals surface area contributed by atoms with Crippen molar-refractivity contribution in [2.24, 2.45) is 11.5 Å². The molecule has 0 radical (unpaired) electrons. The van der Waals surface area contributed by atoms with Crippen LogP contribution in [0.25, 0.3) is 0 Å². The summed E-state index contributed by atoms with van der Waals surface area (Å²) in [6, 6.07) is 0. The molecule has 0 heterocycles. The van der Waals surface area contributed by atoms with Gasteiger partial charge >= 0.3 is 0 Å². The van der Waals surface area contributed by atoms with E-state index in [2.05, 4.69) is 31.4 Å². The highest BCUT2D eigenvalue weighted by Gasteiger charge is 1.90. The summed E-state index contributed by atoms with van der Waals surface area (Å²) in [5.41, 5.74) is 10.6. The van der Waals surface area contributed by atoms with Crippen molar-refractivity contribution < 1.29 is 0 Å². The molecule has 0 aromatic carbocycles. The minimum Gasteiger partial charge on any atom is -0.329 e. The molecule has 0 aromatic rings. The van der Waals surface area contributed by atoms with Gasteiger partial charge in [0, 0.05) is 13.1 Å². The second-order valence-electron chi connectivity index (χ2n) is 2.71. The Hall–Kier alpha value is -0.160. The van der Waals surface area contributed by atoms with Crippen molar-refractivity contribution in [2.45, 2.75) is 33.4 Å². The van der Waals surface area contributed by atoms with Crippen molar-refractivity contribution in [3.8, 4) is 0 Å². The Balaban J connectivity index is 0. The predicted octanol–water partition coefficient (Wildman–Crippen LogP) is -0.155. The summed E-state index contributed by atoms with van der Waals surface area (Å²) in [6.45, 7) is 9.86. The number of rotatable bonds is 6. The molecule has 6 N–H and O–H groups in total. The van der Waals surface area contributed by atoms with Crippen molar-refractivity contribution in [3.05, 3.63) is 0 Å². The van der Waals surface area contributed by atoms with Crippen molar-refractivity contribution in [1.82, 2.24) is 10.6 Å². The zero-order chi connectivity index (χ0) is 10.5. The molecule has 0 saturated heterocycles. The van der Waals surface area contributed by atoms with Gasteiger partial charge in [0.2, 0.25) is 0 Å². The maximum absolute atomic E-state index is 5.47. The molecule has 4 nitrogen and oxygen atoms in total. The van der Waals surface area contributed by atoms with Crippen molar-refractivity contribution >= 4 is 0 Å². The van der Waals surface area contributed by atoms with E-state index in [0.29, 0.717) is 0 Å². The summed E-state index contributed by atoms with van der Waals surface area (Å²) in [5.74, 6) is 0. The summed E-state index contributed by atoms with van der Waals surface area (Å²) in [5, 5.41) is 6.15. The number of hydrogen-bond acceptors (Lipinski definition) is 4. The molecule has 0 amide bonds. The number of hydrogen-bond donors (Lipinski definition) is 4. The van der Waals surface area contributed by atoms with Gasteiger partial charge in [0.15, 0.2) is 0 Å². The summed E-state index contributed by atoms with van der Waals surface area (Å²) in [7, 11) is 0. The molecule has 4 heteroatoms. The first-order chi connectivity index (χ1) is 6.22. The number of likely N-dealkylation sites (N-methyl/N-ethyl adjacent to an activating group) is 1. The summed E-state index contributed by atoms with van der Waals surface area (Å²) in [4.78, 5) is 0. The topological polar surface area (TPSA) is 76.1 Å². The molecule has 0 fully saturated rings. The van der Waals surface area contributed by atoms with E-state index in [0.717, 1.165) is 32.6 Å². The molecule has 0 spiro atoms. The first-order valence-electron chi connectivity index (χ1n) is 5.12. The number of nitrogens with one attached hydrogen (secondary N) is 2. The Morgan fingerprint density at radius 2 is 1.77 bits per heavy atom. The van der Waals surface area contributed by atoms with Crippen LogP contribution in [0.5, 0.6) is 0 Å². The van der Waals surface area contributed by atoms with E-state index < -0.39 is 0 Å². The Morgan fingerprint density at radius 1 is 1.15 bits per heavy atom. The molecule has 1 unspecified atom stereocenters. The van der Waals surface area contributed by atoms with Gasteiger partial charge in [-0.05, 0) is 19.5 Å². The molecular formula is C9H26N4. The molecule has 13 heavy (non-hydrogen) atoms. The lowest BCUT2D eigenvalue weighted by molar-refractivity contribution is 0.531. The van der Waals surface area contributed by atoms with Crippen molar-refractivity contribution in [3.63, 3.8) is 0 Å². The van der Waals surface area contributed by atoms with E-state index in [1.165, 1.54) is 0 Å². The van der Waals surface area contributed by atoms with Crippen molar-refractivity contribution in [2.75, 3.05) is 26.2 Å². The normalized spacial score (nSPS) is 11.8. The van der Waals surface area contributed by atoms with Gasteiger partial charge in [-0.25, -0.2) is 0 Å². The fraction of sp³-hybridized carbons (Fsp3) is 1.00. The van der Waals surface area contributed by atoms with Gasteiger partial charge in [0.1, 0.15) is 0 Å². The van der Waals surface area contributed by atoms with E-state index >= 15 is 0 Å². The summed E-state index contributed by atoms with van der Waals surface area (Å²) >= 11 is 0. The van der Waals surface area contributed by atoms with Crippen molar-refractivity contribution in [1.29, 1.82) is 0 Å². The minimum absolute atomic E-state index is 0.199. The molecule has 0 aromatic heterocycles. The quantitative estimate of drug-likeness (QED) is 0.347. The maximum atomic E-state index is 5.47. The first-order valence-corrected chi connectivity index (χ1v) is 5.12. The average molecular weight is 190 g/mol. The van der Waals surface area contributed by atoms with Gasteiger partial charge in [0.05, 0.1) is 6.17 Å². The third-order valence-corrected chi connectivity index (χ3v) is 1.48. The molecule has 0 aliphatic rings. The smallest absolute Gasteiger partial charge is 0.0543 e. The van der Waals surface area contributed by atoms with Crippen LogP contribution in [0.3, 0.4) is 0 Å². The lowest BCUT2D eigenvalue weighted by Crippen LogP contribution is -2.36. The van der Waals surface area contributed by atoms with Gasteiger partial charge in [0.25, 0.3) is 0 Å². The molecule has 0 aliphatic carbocycles. The SMILES string of the molecule is CCNC(N)CC.CCNCCN. The van der Waals surface area contributed by atoms with Crippen LogP contribution in [0.1, 0.15) is 27.2 Å². The Kier molecular flexibility index (Phi) is 16.9. The summed E-state index contributed by atoms with van der Waals surface area (Å²) in [6.07, 6.45) is 1.21. The van der Waals surface area contributed by atoms with Crippen LogP contribution in [0.2, 0.25) is 0 Å². The van der Waals surface area contributed by atoms with Gasteiger partial charge in [-0.3, -0.25) is 0 Å². The van der Waals surface area contributed by atoms with E-state index in [-0.39, 0.29) is 6.17 Å². The lowest BCUT2D eigenvalue weighted by atomic mass is 10.4. The molecule has 0 aliphatic heterocycles. The minimum atomic E-state index is 0.199. The van der Waals surface area contributed by atoms with Crippen LogP contribution in [-0.4, -0.2) is 32.3 Å². The standard InChI is InChI=1S/C5H14N2.C4H12N2/c1-3-5(6)7-4-2;1-2-6-4-3-5/h5,7H,3-4,6H2,1-2H3;6H,2-5H2,1H3. The second-order valence-corrected chi connectivity index (χ2v) is 2.71. The highest BCUT2D eigenvalue weighted by Crippen LogP contribution is 1.76. The van der Waals surface area contributed by atoms with Crippen LogP contribution in [0.4, 0.5) is 0 Å². The van der Waals surface area contributed by atoms with Crippen LogP contribution in [0.15, 0.2) is 0 Å². The second kappa shape index (κ2) is 14.4. The fourth-order valence-electron chi connectivity index (χ4n) is 0.685. The van der Waals surface area contributed by atoms with Crippen LogP contribution in [0, 0.1) is 0 Å². The lowest BCUT2D eigenvalue weighted by Gasteiger charge is -2.06. The zero-order valence-electron chi connectivity index (χ0n) is 9.27. The van der Waals surface area contributed by atoms with Crippen LogP contribution >= 0.6 is 0 Å². The van der Waals surface area contributed by atoms with E-state index in [9.17, 15) is 0 Å². The van der Waals surface area contributed by atoms with Gasteiger partial charge < -0.3 is 22.1 Å². The number of nitrogens with two attached hydrogens (primary N) is 2. The zero-order valence-corrected chi connectivity index (χ0v) is 9.27. The molecule has 82 valence electrons. The highest BCUT2D eigenvalue weighted by atomic mass is 15.0. The summed E-state index contributed by atoms with van der Waals surface area (Å²) < 4.78 is 0. The first kappa shape index (κ1) is 15.3. The van der Waals surface area contributed by atoms with Crippen LogP contribution < -0.4 is 22.1 Å². The molecule has 1 atom stereocenters. The predicted molar refractivity (Wildman–Crippen MR) is 59.5 cm³/mol. The van der Waals surface area contributed by atoms with Gasteiger partial charge in [-0.1, -0.05) is 20.8 Å².